The maximum Gasteiger partial charge on any atom is 0.410 e. The predicted molar refractivity (Wildman–Crippen MR) is 99.3 cm³/mol. The standard InChI is InChI=1S/C20H39NO3/c1-6-8-14-23-16-18-15-17(18)11-9-10-13-21(12-7-2)19(22)24-20(3,4)5/h17-18H,6-16H2,1-5H3. The number of amides is 1. The Morgan fingerprint density at radius 2 is 1.79 bits per heavy atom. The second-order valence-electron chi connectivity index (χ2n) is 8.15. The van der Waals surface area contributed by atoms with Gasteiger partial charge >= 0.3 is 6.09 Å². The molecule has 24 heavy (non-hydrogen) atoms. The Labute approximate surface area is 149 Å². The van der Waals surface area contributed by atoms with Gasteiger partial charge in [-0.2, -0.15) is 0 Å². The summed E-state index contributed by atoms with van der Waals surface area (Å²) in [6.07, 6.45) is 8.05. The summed E-state index contributed by atoms with van der Waals surface area (Å²) in [5.74, 6) is 1.65. The van der Waals surface area contributed by atoms with Crippen LogP contribution in [0, 0.1) is 11.8 Å². The van der Waals surface area contributed by atoms with E-state index in [0.29, 0.717) is 0 Å². The van der Waals surface area contributed by atoms with Crippen LogP contribution in [0.4, 0.5) is 4.79 Å². The van der Waals surface area contributed by atoms with Gasteiger partial charge in [-0.1, -0.05) is 33.1 Å². The Morgan fingerprint density at radius 1 is 1.04 bits per heavy atom. The zero-order chi connectivity index (χ0) is 18.0. The SMILES string of the molecule is CCCCOCC1CC1CCCCN(CCC)C(=O)OC(C)(C)C. The third kappa shape index (κ3) is 9.51. The zero-order valence-electron chi connectivity index (χ0n) is 16.6. The highest BCUT2D eigenvalue weighted by Crippen LogP contribution is 2.42. The van der Waals surface area contributed by atoms with Gasteiger partial charge in [-0.15, -0.1) is 0 Å². The number of rotatable bonds is 12. The molecule has 0 bridgehead atoms. The van der Waals surface area contributed by atoms with Crippen LogP contribution < -0.4 is 0 Å². The Bertz CT molecular complexity index is 351. The summed E-state index contributed by atoms with van der Waals surface area (Å²) in [5.41, 5.74) is -0.415. The van der Waals surface area contributed by atoms with Crippen molar-refractivity contribution in [1.29, 1.82) is 0 Å². The highest BCUT2D eigenvalue weighted by molar-refractivity contribution is 5.68. The van der Waals surface area contributed by atoms with Gasteiger partial charge in [-0.3, -0.25) is 0 Å². The summed E-state index contributed by atoms with van der Waals surface area (Å²) in [4.78, 5) is 14.1. The second-order valence-corrected chi connectivity index (χ2v) is 8.15. The monoisotopic (exact) mass is 341 g/mol. The lowest BCUT2D eigenvalue weighted by molar-refractivity contribution is 0.0246. The van der Waals surface area contributed by atoms with Gasteiger partial charge in [0, 0.05) is 26.3 Å². The first kappa shape index (κ1) is 21.3. The summed E-state index contributed by atoms with van der Waals surface area (Å²) in [7, 11) is 0. The molecule has 4 heteroatoms. The van der Waals surface area contributed by atoms with E-state index in [2.05, 4.69) is 13.8 Å². The lowest BCUT2D eigenvalue weighted by Crippen LogP contribution is -2.37. The van der Waals surface area contributed by atoms with Crippen LogP contribution in [0.3, 0.4) is 0 Å². The van der Waals surface area contributed by atoms with Crippen LogP contribution in [0.15, 0.2) is 0 Å². The van der Waals surface area contributed by atoms with Crippen molar-refractivity contribution < 1.29 is 14.3 Å². The van der Waals surface area contributed by atoms with Gasteiger partial charge in [-0.25, -0.2) is 4.79 Å². The number of carbonyl (C=O) groups excluding carboxylic acids is 1. The molecule has 1 fully saturated rings. The number of carbonyl (C=O) groups is 1. The van der Waals surface area contributed by atoms with E-state index in [1.165, 1.54) is 32.1 Å². The van der Waals surface area contributed by atoms with Gasteiger partial charge in [0.1, 0.15) is 5.60 Å². The number of unbranched alkanes of at least 4 members (excludes halogenated alkanes) is 2. The van der Waals surface area contributed by atoms with Crippen LogP contribution in [0.25, 0.3) is 0 Å². The summed E-state index contributed by atoms with van der Waals surface area (Å²) >= 11 is 0. The second kappa shape index (κ2) is 11.0. The smallest absolute Gasteiger partial charge is 0.410 e. The molecule has 4 nitrogen and oxygen atoms in total. The average molecular weight is 342 g/mol. The Kier molecular flexibility index (Phi) is 9.72. The number of hydrogen-bond donors (Lipinski definition) is 0. The van der Waals surface area contributed by atoms with Crippen LogP contribution in [-0.2, 0) is 9.47 Å². The molecule has 0 radical (unpaired) electrons. The molecule has 0 aromatic carbocycles. The molecular formula is C20H39NO3. The van der Waals surface area contributed by atoms with Crippen molar-refractivity contribution in [2.45, 2.75) is 85.2 Å². The van der Waals surface area contributed by atoms with E-state index < -0.39 is 5.60 Å². The lowest BCUT2D eigenvalue weighted by Gasteiger charge is -2.27. The third-order valence-electron chi connectivity index (χ3n) is 4.44. The molecule has 0 aromatic heterocycles. The van der Waals surface area contributed by atoms with Gasteiger partial charge < -0.3 is 14.4 Å². The molecule has 1 rings (SSSR count). The number of ether oxygens (including phenoxy) is 2. The maximum atomic E-state index is 12.2. The van der Waals surface area contributed by atoms with E-state index in [0.717, 1.165) is 51.0 Å². The molecule has 1 aliphatic carbocycles. The fourth-order valence-corrected chi connectivity index (χ4v) is 2.95. The topological polar surface area (TPSA) is 38.8 Å². The summed E-state index contributed by atoms with van der Waals surface area (Å²) < 4.78 is 11.2. The fraction of sp³-hybridized carbons (Fsp3) is 0.950. The Hall–Kier alpha value is -0.770. The van der Waals surface area contributed by atoms with Crippen LogP contribution in [0.1, 0.15) is 79.6 Å². The molecule has 0 N–H and O–H groups in total. The molecule has 142 valence electrons. The molecule has 0 heterocycles. The normalized spacial score (nSPS) is 20.0. The zero-order valence-corrected chi connectivity index (χ0v) is 16.6. The molecule has 2 unspecified atom stereocenters. The first-order valence-electron chi connectivity index (χ1n) is 9.93. The minimum atomic E-state index is -0.415. The fourth-order valence-electron chi connectivity index (χ4n) is 2.95. The van der Waals surface area contributed by atoms with Crippen LogP contribution in [-0.4, -0.2) is 42.9 Å². The molecular weight excluding hydrogens is 302 g/mol. The molecule has 1 aliphatic rings. The first-order valence-corrected chi connectivity index (χ1v) is 9.93. The largest absolute Gasteiger partial charge is 0.444 e. The Morgan fingerprint density at radius 3 is 2.42 bits per heavy atom. The highest BCUT2D eigenvalue weighted by atomic mass is 16.6. The minimum absolute atomic E-state index is 0.169. The van der Waals surface area contributed by atoms with Gasteiger partial charge in [0.05, 0.1) is 0 Å². The van der Waals surface area contributed by atoms with E-state index in [-0.39, 0.29) is 6.09 Å². The van der Waals surface area contributed by atoms with Gasteiger partial charge in [0.2, 0.25) is 0 Å². The van der Waals surface area contributed by atoms with Crippen LogP contribution >= 0.6 is 0 Å². The van der Waals surface area contributed by atoms with E-state index in [9.17, 15) is 4.79 Å². The Balaban J connectivity index is 2.12. The van der Waals surface area contributed by atoms with Crippen molar-refractivity contribution in [3.05, 3.63) is 0 Å². The highest BCUT2D eigenvalue weighted by Gasteiger charge is 2.36. The van der Waals surface area contributed by atoms with E-state index in [4.69, 9.17) is 9.47 Å². The van der Waals surface area contributed by atoms with E-state index in [1.54, 1.807) is 0 Å². The maximum absolute atomic E-state index is 12.2. The van der Waals surface area contributed by atoms with E-state index in [1.807, 2.05) is 25.7 Å². The molecule has 0 spiro atoms. The molecule has 1 amide bonds. The number of hydrogen-bond acceptors (Lipinski definition) is 3. The predicted octanol–water partition coefficient (Wildman–Crippen LogP) is 5.26. The summed E-state index contributed by atoms with van der Waals surface area (Å²) in [6.45, 7) is 13.5. The average Bonchev–Trinajstić information content (AvgIpc) is 3.23. The van der Waals surface area contributed by atoms with Crippen molar-refractivity contribution in [3.63, 3.8) is 0 Å². The number of nitrogens with zero attached hydrogens (tertiary/aromatic N) is 1. The van der Waals surface area contributed by atoms with Gasteiger partial charge in [0.25, 0.3) is 0 Å². The van der Waals surface area contributed by atoms with Crippen molar-refractivity contribution in [2.75, 3.05) is 26.3 Å². The van der Waals surface area contributed by atoms with Crippen molar-refractivity contribution >= 4 is 6.09 Å². The molecule has 0 aliphatic heterocycles. The van der Waals surface area contributed by atoms with Gasteiger partial charge in [-0.05, 0) is 58.3 Å². The molecule has 2 atom stereocenters. The third-order valence-corrected chi connectivity index (χ3v) is 4.44. The minimum Gasteiger partial charge on any atom is -0.444 e. The van der Waals surface area contributed by atoms with Crippen molar-refractivity contribution in [2.24, 2.45) is 11.8 Å². The van der Waals surface area contributed by atoms with Crippen LogP contribution in [0.5, 0.6) is 0 Å². The first-order chi connectivity index (χ1) is 11.4. The quantitative estimate of drug-likeness (QED) is 0.455. The van der Waals surface area contributed by atoms with Crippen molar-refractivity contribution in [3.8, 4) is 0 Å². The lowest BCUT2D eigenvalue weighted by atomic mass is 10.1. The van der Waals surface area contributed by atoms with Crippen LogP contribution in [0.2, 0.25) is 0 Å². The van der Waals surface area contributed by atoms with Crippen molar-refractivity contribution in [1.82, 2.24) is 4.90 Å². The molecule has 0 saturated heterocycles. The summed E-state index contributed by atoms with van der Waals surface area (Å²) in [6, 6.07) is 0. The van der Waals surface area contributed by atoms with Gasteiger partial charge in [0.15, 0.2) is 0 Å². The molecule has 1 saturated carbocycles. The summed E-state index contributed by atoms with van der Waals surface area (Å²) in [5, 5.41) is 0. The molecule has 0 aromatic rings. The van der Waals surface area contributed by atoms with E-state index >= 15 is 0 Å².